The van der Waals surface area contributed by atoms with Crippen LogP contribution < -0.4 is 5.32 Å². The normalized spacial score (nSPS) is 9.55. The smallest absolute Gasteiger partial charge is 0.285 e. The zero-order chi connectivity index (χ0) is 15.9. The number of carbonyl (C=O) groups is 2. The molecule has 0 heterocycles. The summed E-state index contributed by atoms with van der Waals surface area (Å²) >= 11 is 0. The summed E-state index contributed by atoms with van der Waals surface area (Å²) in [6, 6.07) is 11.5. The van der Waals surface area contributed by atoms with E-state index < -0.39 is 23.4 Å². The maximum atomic E-state index is 13.4. The number of nitrogens with one attached hydrogen (secondary N) is 1. The molecule has 0 bridgehead atoms. The molecule has 0 unspecified atom stereocenters. The average molecular weight is 299 g/mol. The van der Waals surface area contributed by atoms with E-state index in [0.717, 1.165) is 0 Å². The molecule has 2 aromatic carbocycles. The van der Waals surface area contributed by atoms with E-state index in [1.54, 1.807) is 12.1 Å². The highest BCUT2D eigenvalue weighted by molar-refractivity contribution is 6.05. The predicted molar refractivity (Wildman–Crippen MR) is 76.5 cm³/mol. The predicted octanol–water partition coefficient (Wildman–Crippen LogP) is 2.20. The molecule has 0 saturated carbocycles. The Morgan fingerprint density at radius 1 is 0.955 bits per heavy atom. The Labute approximate surface area is 126 Å². The van der Waals surface area contributed by atoms with Crippen LogP contribution in [0.15, 0.2) is 48.5 Å². The van der Waals surface area contributed by atoms with E-state index in [0.29, 0.717) is 0 Å². The van der Waals surface area contributed by atoms with Crippen LogP contribution in [0, 0.1) is 23.5 Å². The molecule has 1 N–H and O–H groups in total. The Hall–Kier alpha value is -3.00. The van der Waals surface area contributed by atoms with Gasteiger partial charge in [0.2, 0.25) is 5.91 Å². The highest BCUT2D eigenvalue weighted by atomic mass is 19.1. The number of hydrogen-bond donors (Lipinski definition) is 1. The number of amides is 2. The zero-order valence-electron chi connectivity index (χ0n) is 11.4. The summed E-state index contributed by atoms with van der Waals surface area (Å²) in [5.41, 5.74) is 0.231. The number of imide groups is 1. The van der Waals surface area contributed by atoms with E-state index in [1.165, 1.54) is 36.4 Å². The van der Waals surface area contributed by atoms with Gasteiger partial charge in [0, 0.05) is 5.92 Å². The lowest BCUT2D eigenvalue weighted by Crippen LogP contribution is -2.30. The molecule has 0 saturated heterocycles. The molecule has 2 rings (SSSR count). The summed E-state index contributed by atoms with van der Waals surface area (Å²) in [5.74, 6) is 1.81. The second-order valence-corrected chi connectivity index (χ2v) is 4.38. The summed E-state index contributed by atoms with van der Waals surface area (Å²) in [4.78, 5) is 23.1. The fourth-order valence-electron chi connectivity index (χ4n) is 1.70. The summed E-state index contributed by atoms with van der Waals surface area (Å²) in [5, 5.41) is 2.00. The Kier molecular flexibility index (Phi) is 4.99. The fraction of sp³-hybridized carbons (Fsp3) is 0.0588. The number of benzene rings is 2. The molecule has 3 nitrogen and oxygen atoms in total. The first-order chi connectivity index (χ1) is 10.6. The van der Waals surface area contributed by atoms with Crippen LogP contribution in [0.1, 0.15) is 11.1 Å². The maximum Gasteiger partial charge on any atom is 0.302 e. The average Bonchev–Trinajstić information content (AvgIpc) is 2.49. The molecule has 110 valence electrons. The van der Waals surface area contributed by atoms with Crippen LogP contribution in [0.3, 0.4) is 0 Å². The van der Waals surface area contributed by atoms with Crippen molar-refractivity contribution in [3.05, 3.63) is 71.3 Å². The second-order valence-electron chi connectivity index (χ2n) is 4.38. The van der Waals surface area contributed by atoms with Gasteiger partial charge in [-0.15, -0.1) is 0 Å². The monoisotopic (exact) mass is 299 g/mol. The van der Waals surface area contributed by atoms with Gasteiger partial charge in [-0.25, -0.2) is 8.78 Å². The molecule has 2 aromatic rings. The second kappa shape index (κ2) is 7.14. The van der Waals surface area contributed by atoms with Gasteiger partial charge >= 0.3 is 5.91 Å². The fourth-order valence-corrected chi connectivity index (χ4v) is 1.70. The van der Waals surface area contributed by atoms with Crippen LogP contribution in [0.5, 0.6) is 0 Å². The molecule has 0 fully saturated rings. The van der Waals surface area contributed by atoms with Gasteiger partial charge in [0.15, 0.2) is 0 Å². The Morgan fingerprint density at radius 2 is 1.59 bits per heavy atom. The molecule has 0 radical (unpaired) electrons. The lowest BCUT2D eigenvalue weighted by Gasteiger charge is -2.02. The van der Waals surface area contributed by atoms with Crippen LogP contribution in [-0.2, 0) is 16.0 Å². The van der Waals surface area contributed by atoms with Crippen LogP contribution in [-0.4, -0.2) is 11.8 Å². The minimum Gasteiger partial charge on any atom is -0.285 e. The number of carbonyl (C=O) groups excluding carboxylic acids is 2. The van der Waals surface area contributed by atoms with Crippen LogP contribution in [0.2, 0.25) is 0 Å². The highest BCUT2D eigenvalue weighted by Gasteiger charge is 2.09. The van der Waals surface area contributed by atoms with Crippen molar-refractivity contribution in [3.8, 4) is 11.8 Å². The molecule has 2 amide bonds. The Morgan fingerprint density at radius 3 is 2.27 bits per heavy atom. The molecule has 0 aliphatic carbocycles. The number of rotatable bonds is 2. The van der Waals surface area contributed by atoms with Gasteiger partial charge in [-0.2, -0.15) is 0 Å². The third-order valence-corrected chi connectivity index (χ3v) is 2.75. The standard InChI is InChI=1S/C17H11F2NO2/c18-14-7-3-1-5-12(14)9-10-16(21)20-17(22)11-13-6-2-4-8-15(13)19/h1-8H,11H2,(H,20,21,22). The van der Waals surface area contributed by atoms with Crippen molar-refractivity contribution in [2.45, 2.75) is 6.42 Å². The first-order valence-corrected chi connectivity index (χ1v) is 6.40. The van der Waals surface area contributed by atoms with E-state index in [1.807, 2.05) is 5.32 Å². The minimum atomic E-state index is -0.871. The number of hydrogen-bond acceptors (Lipinski definition) is 2. The van der Waals surface area contributed by atoms with Crippen molar-refractivity contribution >= 4 is 11.8 Å². The number of halogens is 2. The summed E-state index contributed by atoms with van der Waals surface area (Å²) < 4.78 is 26.7. The molecule has 0 spiro atoms. The van der Waals surface area contributed by atoms with Gasteiger partial charge in [-0.3, -0.25) is 14.9 Å². The molecule has 5 heteroatoms. The minimum absolute atomic E-state index is 0.0548. The first kappa shape index (κ1) is 15.4. The molecule has 22 heavy (non-hydrogen) atoms. The highest BCUT2D eigenvalue weighted by Crippen LogP contribution is 2.06. The van der Waals surface area contributed by atoms with Crippen molar-refractivity contribution < 1.29 is 18.4 Å². The zero-order valence-corrected chi connectivity index (χ0v) is 11.4. The third kappa shape index (κ3) is 4.25. The summed E-state index contributed by atoms with van der Waals surface area (Å²) in [7, 11) is 0. The Balaban J connectivity index is 1.97. The molecule has 0 aliphatic heterocycles. The van der Waals surface area contributed by atoms with E-state index in [9.17, 15) is 18.4 Å². The SMILES string of the molecule is O=C(C#Cc1ccccc1F)NC(=O)Cc1ccccc1F. The van der Waals surface area contributed by atoms with Crippen LogP contribution in [0.25, 0.3) is 0 Å². The van der Waals surface area contributed by atoms with Crippen molar-refractivity contribution in [2.75, 3.05) is 0 Å². The summed E-state index contributed by atoms with van der Waals surface area (Å²) in [6.07, 6.45) is -0.278. The van der Waals surface area contributed by atoms with Gasteiger partial charge in [0.25, 0.3) is 0 Å². The van der Waals surface area contributed by atoms with E-state index in [2.05, 4.69) is 11.8 Å². The van der Waals surface area contributed by atoms with Gasteiger partial charge in [0.1, 0.15) is 11.6 Å². The Bertz CT molecular complexity index is 775. The van der Waals surface area contributed by atoms with E-state index in [4.69, 9.17) is 0 Å². The van der Waals surface area contributed by atoms with Crippen LogP contribution in [0.4, 0.5) is 8.78 Å². The third-order valence-electron chi connectivity index (χ3n) is 2.75. The molecular formula is C17H11F2NO2. The van der Waals surface area contributed by atoms with Crippen molar-refractivity contribution in [1.82, 2.24) is 5.32 Å². The van der Waals surface area contributed by atoms with Crippen molar-refractivity contribution in [2.24, 2.45) is 0 Å². The van der Waals surface area contributed by atoms with Gasteiger partial charge in [-0.05, 0) is 23.8 Å². The van der Waals surface area contributed by atoms with Gasteiger partial charge < -0.3 is 0 Å². The molecule has 0 aliphatic rings. The lowest BCUT2D eigenvalue weighted by molar-refractivity contribution is -0.127. The van der Waals surface area contributed by atoms with Gasteiger partial charge in [0.05, 0.1) is 12.0 Å². The molecule has 0 atom stereocenters. The van der Waals surface area contributed by atoms with Crippen molar-refractivity contribution in [1.29, 1.82) is 0 Å². The largest absolute Gasteiger partial charge is 0.302 e. The van der Waals surface area contributed by atoms with Gasteiger partial charge in [-0.1, -0.05) is 36.3 Å². The molecular weight excluding hydrogens is 288 g/mol. The molecule has 0 aromatic heterocycles. The lowest BCUT2D eigenvalue weighted by atomic mass is 10.1. The van der Waals surface area contributed by atoms with Crippen molar-refractivity contribution in [3.63, 3.8) is 0 Å². The first-order valence-electron chi connectivity index (χ1n) is 6.40. The topological polar surface area (TPSA) is 46.2 Å². The summed E-state index contributed by atoms with van der Waals surface area (Å²) in [6.45, 7) is 0. The van der Waals surface area contributed by atoms with E-state index >= 15 is 0 Å². The van der Waals surface area contributed by atoms with Crippen LogP contribution >= 0.6 is 0 Å². The quantitative estimate of drug-likeness (QED) is 0.864. The van der Waals surface area contributed by atoms with E-state index in [-0.39, 0.29) is 17.5 Å². The maximum absolute atomic E-state index is 13.4.